The molecule has 2 atom stereocenters. The van der Waals surface area contributed by atoms with E-state index in [4.69, 9.17) is 0 Å². The second-order valence-corrected chi connectivity index (χ2v) is 6.25. The Balaban J connectivity index is 1.72. The zero-order valence-electron chi connectivity index (χ0n) is 12.9. The average Bonchev–Trinajstić information content (AvgIpc) is 2.93. The largest absolute Gasteiger partial charge is 0.313 e. The fourth-order valence-corrected chi connectivity index (χ4v) is 3.94. The van der Waals surface area contributed by atoms with Crippen LogP contribution in [0.1, 0.15) is 35.1 Å². The summed E-state index contributed by atoms with van der Waals surface area (Å²) in [5, 5.41) is 6.22. The lowest BCUT2D eigenvalue weighted by molar-refractivity contribution is 0.533. The van der Waals surface area contributed by atoms with Crippen LogP contribution in [0.2, 0.25) is 0 Å². The van der Waals surface area contributed by atoms with E-state index in [-0.39, 0.29) is 0 Å². The summed E-state index contributed by atoms with van der Waals surface area (Å²) in [4.78, 5) is 0. The van der Waals surface area contributed by atoms with Crippen LogP contribution in [0.5, 0.6) is 0 Å². The van der Waals surface area contributed by atoms with E-state index in [0.717, 1.165) is 6.42 Å². The van der Waals surface area contributed by atoms with Crippen LogP contribution < -0.4 is 5.32 Å². The Morgan fingerprint density at radius 3 is 2.45 bits per heavy atom. The first-order valence-corrected chi connectivity index (χ1v) is 8.09. The van der Waals surface area contributed by atoms with Crippen molar-refractivity contribution in [1.29, 1.82) is 0 Å². The maximum Gasteiger partial charge on any atom is 0.0326 e. The molecule has 0 bridgehead atoms. The van der Waals surface area contributed by atoms with Crippen LogP contribution in [0.25, 0.3) is 10.8 Å². The Kier molecular flexibility index (Phi) is 3.44. The fourth-order valence-electron chi connectivity index (χ4n) is 3.94. The van der Waals surface area contributed by atoms with Crippen molar-refractivity contribution in [2.24, 2.45) is 0 Å². The third-order valence-electron chi connectivity index (χ3n) is 5.03. The minimum atomic E-state index is 0.496. The molecule has 3 aromatic rings. The lowest BCUT2D eigenvalue weighted by Crippen LogP contribution is -2.13. The van der Waals surface area contributed by atoms with Gasteiger partial charge in [-0.15, -0.1) is 0 Å². The van der Waals surface area contributed by atoms with Gasteiger partial charge in [-0.1, -0.05) is 66.7 Å². The summed E-state index contributed by atoms with van der Waals surface area (Å²) in [7, 11) is 2.07. The van der Waals surface area contributed by atoms with Crippen molar-refractivity contribution >= 4 is 10.8 Å². The van der Waals surface area contributed by atoms with Gasteiger partial charge in [-0.05, 0) is 53.3 Å². The Morgan fingerprint density at radius 2 is 1.59 bits per heavy atom. The number of fused-ring (bicyclic) bond motifs is 2. The first-order chi connectivity index (χ1) is 10.9. The van der Waals surface area contributed by atoms with Gasteiger partial charge in [-0.2, -0.15) is 0 Å². The Hall–Kier alpha value is -2.12. The van der Waals surface area contributed by atoms with Gasteiger partial charge in [-0.3, -0.25) is 0 Å². The molecule has 0 fully saturated rings. The van der Waals surface area contributed by atoms with Crippen LogP contribution in [-0.4, -0.2) is 7.05 Å². The molecule has 110 valence electrons. The van der Waals surface area contributed by atoms with Gasteiger partial charge in [0.05, 0.1) is 0 Å². The number of hydrogen-bond acceptors (Lipinski definition) is 1. The maximum atomic E-state index is 3.47. The van der Waals surface area contributed by atoms with Crippen molar-refractivity contribution < 1.29 is 0 Å². The van der Waals surface area contributed by atoms with E-state index in [1.807, 2.05) is 0 Å². The van der Waals surface area contributed by atoms with Gasteiger partial charge in [0.15, 0.2) is 0 Å². The molecule has 1 heteroatoms. The van der Waals surface area contributed by atoms with Crippen molar-refractivity contribution in [1.82, 2.24) is 5.32 Å². The molecule has 0 spiro atoms. The highest BCUT2D eigenvalue weighted by Gasteiger charge is 2.29. The van der Waals surface area contributed by atoms with E-state index in [1.165, 1.54) is 33.9 Å². The van der Waals surface area contributed by atoms with Gasteiger partial charge < -0.3 is 5.32 Å². The molecule has 1 N–H and O–H groups in total. The first kappa shape index (κ1) is 13.5. The van der Waals surface area contributed by atoms with Gasteiger partial charge in [0.2, 0.25) is 0 Å². The third-order valence-corrected chi connectivity index (χ3v) is 5.03. The number of rotatable bonds is 3. The molecule has 0 aromatic heterocycles. The van der Waals surface area contributed by atoms with Crippen LogP contribution in [0.15, 0.2) is 66.7 Å². The summed E-state index contributed by atoms with van der Waals surface area (Å²) in [6.07, 6.45) is 2.32. The highest BCUT2D eigenvalue weighted by molar-refractivity contribution is 5.85. The minimum Gasteiger partial charge on any atom is -0.313 e. The molecule has 0 radical (unpaired) electrons. The third kappa shape index (κ3) is 2.22. The van der Waals surface area contributed by atoms with Gasteiger partial charge in [0.1, 0.15) is 0 Å². The lowest BCUT2D eigenvalue weighted by Gasteiger charge is -2.14. The van der Waals surface area contributed by atoms with E-state index in [2.05, 4.69) is 79.1 Å². The summed E-state index contributed by atoms with van der Waals surface area (Å²) in [6.45, 7) is 0. The van der Waals surface area contributed by atoms with Crippen LogP contribution in [0, 0.1) is 0 Å². The van der Waals surface area contributed by atoms with Gasteiger partial charge >= 0.3 is 0 Å². The summed E-state index contributed by atoms with van der Waals surface area (Å²) >= 11 is 0. The van der Waals surface area contributed by atoms with Crippen LogP contribution >= 0.6 is 0 Å². The first-order valence-electron chi connectivity index (χ1n) is 8.09. The number of benzene rings is 3. The average molecular weight is 287 g/mol. The molecule has 0 heterocycles. The van der Waals surface area contributed by atoms with Crippen LogP contribution in [-0.2, 0) is 6.42 Å². The SMILES string of the molecule is CN[C@H]1C[C@@H](Cc2cccc3ccccc23)c2ccccc21. The van der Waals surface area contributed by atoms with Crippen molar-refractivity contribution in [3.63, 3.8) is 0 Å². The number of nitrogens with one attached hydrogen (secondary N) is 1. The topological polar surface area (TPSA) is 12.0 Å². The molecule has 22 heavy (non-hydrogen) atoms. The van der Waals surface area contributed by atoms with E-state index < -0.39 is 0 Å². The molecule has 0 amide bonds. The highest BCUT2D eigenvalue weighted by atomic mass is 14.9. The number of hydrogen-bond donors (Lipinski definition) is 1. The summed E-state index contributed by atoms with van der Waals surface area (Å²) in [5.41, 5.74) is 4.47. The Morgan fingerprint density at radius 1 is 0.864 bits per heavy atom. The monoisotopic (exact) mass is 287 g/mol. The molecule has 3 aromatic carbocycles. The van der Waals surface area contributed by atoms with E-state index in [9.17, 15) is 0 Å². The van der Waals surface area contributed by atoms with Gasteiger partial charge in [0.25, 0.3) is 0 Å². The normalized spacial score (nSPS) is 20.2. The maximum absolute atomic E-state index is 3.47. The van der Waals surface area contributed by atoms with E-state index in [0.29, 0.717) is 12.0 Å². The Labute approximate surface area is 132 Å². The predicted molar refractivity (Wildman–Crippen MR) is 93.3 cm³/mol. The van der Waals surface area contributed by atoms with Gasteiger partial charge in [-0.25, -0.2) is 0 Å². The second-order valence-electron chi connectivity index (χ2n) is 6.25. The molecule has 4 rings (SSSR count). The van der Waals surface area contributed by atoms with Crippen molar-refractivity contribution in [2.75, 3.05) is 7.05 Å². The summed E-state index contributed by atoms with van der Waals surface area (Å²) in [5.74, 6) is 0.611. The summed E-state index contributed by atoms with van der Waals surface area (Å²) in [6, 6.07) is 24.8. The molecule has 1 nitrogen and oxygen atoms in total. The molecule has 0 unspecified atom stereocenters. The second kappa shape index (κ2) is 5.58. The molecule has 0 saturated carbocycles. The van der Waals surface area contributed by atoms with Crippen LogP contribution in [0.3, 0.4) is 0 Å². The van der Waals surface area contributed by atoms with Crippen molar-refractivity contribution in [3.8, 4) is 0 Å². The molecular weight excluding hydrogens is 266 g/mol. The molecule has 0 saturated heterocycles. The Bertz CT molecular complexity index is 800. The van der Waals surface area contributed by atoms with Crippen LogP contribution in [0.4, 0.5) is 0 Å². The van der Waals surface area contributed by atoms with E-state index in [1.54, 1.807) is 0 Å². The quantitative estimate of drug-likeness (QED) is 0.727. The van der Waals surface area contributed by atoms with E-state index >= 15 is 0 Å². The highest BCUT2D eigenvalue weighted by Crippen LogP contribution is 2.42. The fraction of sp³-hybridized carbons (Fsp3) is 0.238. The molecule has 1 aliphatic carbocycles. The predicted octanol–water partition coefficient (Wildman–Crippen LogP) is 4.83. The van der Waals surface area contributed by atoms with Crippen molar-refractivity contribution in [3.05, 3.63) is 83.4 Å². The smallest absolute Gasteiger partial charge is 0.0326 e. The minimum absolute atomic E-state index is 0.496. The van der Waals surface area contributed by atoms with Gasteiger partial charge in [0, 0.05) is 6.04 Å². The van der Waals surface area contributed by atoms with Crippen molar-refractivity contribution in [2.45, 2.75) is 24.8 Å². The zero-order chi connectivity index (χ0) is 14.9. The molecule has 0 aliphatic heterocycles. The summed E-state index contributed by atoms with van der Waals surface area (Å²) < 4.78 is 0. The lowest BCUT2D eigenvalue weighted by atomic mass is 9.91. The standard InChI is InChI=1S/C21H21N/c1-22-21-14-17(19-11-4-5-12-20(19)21)13-16-9-6-8-15-7-2-3-10-18(15)16/h2-12,17,21-22H,13-14H2,1H3/t17-,21+/m1/s1. The molecule has 1 aliphatic rings. The molecular formula is C21H21N. The zero-order valence-corrected chi connectivity index (χ0v) is 12.9.